The highest BCUT2D eigenvalue weighted by molar-refractivity contribution is 8.00. The highest BCUT2D eigenvalue weighted by Crippen LogP contribution is 2.26. The van der Waals surface area contributed by atoms with E-state index in [0.717, 1.165) is 21.6 Å². The summed E-state index contributed by atoms with van der Waals surface area (Å²) >= 11 is 7.49. The van der Waals surface area contributed by atoms with Gasteiger partial charge in [-0.05, 0) is 96.6 Å². The van der Waals surface area contributed by atoms with E-state index in [9.17, 15) is 14.4 Å². The van der Waals surface area contributed by atoms with Crippen molar-refractivity contribution in [1.82, 2.24) is 10.3 Å². The average Bonchev–Trinajstić information content (AvgIpc) is 3.53. The summed E-state index contributed by atoms with van der Waals surface area (Å²) < 4.78 is 5.81. The molecule has 0 aliphatic heterocycles. The Morgan fingerprint density at radius 2 is 1.47 bits per heavy atom. The third-order valence-corrected chi connectivity index (χ3v) is 8.13. The molecule has 0 fully saturated rings. The van der Waals surface area contributed by atoms with Crippen LogP contribution < -0.4 is 16.0 Å². The Morgan fingerprint density at radius 3 is 2.21 bits per heavy atom. The topological polar surface area (TPSA) is 113 Å². The number of carbonyl (C=O) groups excluding carboxylic acids is 3. The lowest BCUT2D eigenvalue weighted by Crippen LogP contribution is -2.30. The van der Waals surface area contributed by atoms with Gasteiger partial charge in [0.1, 0.15) is 11.2 Å². The number of fused-ring (bicyclic) bond motifs is 1. The van der Waals surface area contributed by atoms with Gasteiger partial charge in [0, 0.05) is 32.4 Å². The van der Waals surface area contributed by atoms with Crippen molar-refractivity contribution in [3.8, 4) is 11.5 Å². The number of hydrogen-bond donors (Lipinski definition) is 3. The van der Waals surface area contributed by atoms with Gasteiger partial charge in [0.2, 0.25) is 11.8 Å². The Morgan fingerprint density at radius 1 is 0.766 bits per heavy atom. The number of anilines is 2. The van der Waals surface area contributed by atoms with Gasteiger partial charge in [-0.25, -0.2) is 4.98 Å². The minimum absolute atomic E-state index is 0.0538. The van der Waals surface area contributed by atoms with Crippen molar-refractivity contribution in [3.63, 3.8) is 0 Å². The number of halogens is 1. The maximum absolute atomic E-state index is 13.3. The number of nitrogens with one attached hydrogen (secondary N) is 3. The van der Waals surface area contributed by atoms with E-state index in [4.69, 9.17) is 16.0 Å². The molecule has 8 nitrogen and oxygen atoms in total. The van der Waals surface area contributed by atoms with E-state index in [-0.39, 0.29) is 17.4 Å². The zero-order chi connectivity index (χ0) is 32.6. The first-order chi connectivity index (χ1) is 22.9. The van der Waals surface area contributed by atoms with Crippen LogP contribution in [-0.4, -0.2) is 28.5 Å². The smallest absolute Gasteiger partial charge is 0.272 e. The van der Waals surface area contributed by atoms with E-state index in [2.05, 4.69) is 20.9 Å². The van der Waals surface area contributed by atoms with E-state index in [0.29, 0.717) is 33.4 Å². The van der Waals surface area contributed by atoms with Crippen LogP contribution in [0, 0.1) is 0 Å². The molecule has 0 atom stereocenters. The van der Waals surface area contributed by atoms with Gasteiger partial charge in [-0.2, -0.15) is 0 Å². The second kappa shape index (κ2) is 14.6. The fourth-order valence-corrected chi connectivity index (χ4v) is 5.47. The van der Waals surface area contributed by atoms with Crippen molar-refractivity contribution < 1.29 is 18.8 Å². The molecule has 5 aromatic carbocycles. The maximum atomic E-state index is 13.3. The normalized spacial score (nSPS) is 11.2. The highest BCUT2D eigenvalue weighted by Gasteiger charge is 2.16. The van der Waals surface area contributed by atoms with Gasteiger partial charge < -0.3 is 20.4 Å². The lowest BCUT2D eigenvalue weighted by Gasteiger charge is -2.12. The molecule has 0 bridgehead atoms. The predicted molar refractivity (Wildman–Crippen MR) is 187 cm³/mol. The monoisotopic (exact) mass is 658 g/mol. The standard InChI is InChI=1S/C37H27ClN4O4S/c38-27-10-6-7-24(21-27)22-32(41-35(44)25-8-2-1-3-9-25)36(45)40-29-17-19-30(20-18-29)47-23-34(43)39-28-15-13-26(14-16-28)37-42-31-11-4-5-12-33(31)46-37/h1-22H,23H2,(H,39,43)(H,40,45)(H,41,44)/b32-22-. The number of para-hydroxylation sites is 2. The summed E-state index contributed by atoms with van der Waals surface area (Å²) in [6, 6.07) is 37.6. The van der Waals surface area contributed by atoms with Gasteiger partial charge in [0.25, 0.3) is 11.8 Å². The molecule has 0 unspecified atom stereocenters. The number of carbonyl (C=O) groups is 3. The highest BCUT2D eigenvalue weighted by atomic mass is 35.5. The van der Waals surface area contributed by atoms with Crippen LogP contribution in [-0.2, 0) is 9.59 Å². The SMILES string of the molecule is O=C(CSc1ccc(NC(=O)/C(=C/c2cccc(Cl)c2)NC(=O)c2ccccc2)cc1)Nc1ccc(-c2nc3ccccc3o2)cc1. The summed E-state index contributed by atoms with van der Waals surface area (Å²) in [4.78, 5) is 44.1. The number of oxazole rings is 1. The molecule has 0 aliphatic carbocycles. The van der Waals surface area contributed by atoms with Crippen molar-refractivity contribution in [2.75, 3.05) is 16.4 Å². The predicted octanol–water partition coefficient (Wildman–Crippen LogP) is 8.29. The molecule has 6 rings (SSSR count). The van der Waals surface area contributed by atoms with Crippen LogP contribution in [0.15, 0.2) is 142 Å². The number of hydrogen-bond acceptors (Lipinski definition) is 6. The van der Waals surface area contributed by atoms with Gasteiger partial charge in [-0.15, -0.1) is 11.8 Å². The van der Waals surface area contributed by atoms with Gasteiger partial charge in [-0.1, -0.05) is 54.1 Å². The van der Waals surface area contributed by atoms with Crippen LogP contribution in [0.2, 0.25) is 5.02 Å². The Kier molecular flexibility index (Phi) is 9.76. The fraction of sp³-hybridized carbons (Fsp3) is 0.0270. The Labute approximate surface area is 279 Å². The Balaban J connectivity index is 1.04. The van der Waals surface area contributed by atoms with E-state index < -0.39 is 11.8 Å². The summed E-state index contributed by atoms with van der Waals surface area (Å²) in [6.45, 7) is 0. The zero-order valence-electron chi connectivity index (χ0n) is 24.8. The Bertz CT molecular complexity index is 2050. The van der Waals surface area contributed by atoms with E-state index in [1.54, 1.807) is 66.7 Å². The molecule has 0 radical (unpaired) electrons. The van der Waals surface area contributed by atoms with Crippen molar-refractivity contribution in [1.29, 1.82) is 0 Å². The largest absolute Gasteiger partial charge is 0.436 e. The van der Waals surface area contributed by atoms with Gasteiger partial charge in [-0.3, -0.25) is 14.4 Å². The second-order valence-electron chi connectivity index (χ2n) is 10.3. The molecule has 1 aromatic heterocycles. The molecular formula is C37H27ClN4O4S. The number of amides is 3. The molecule has 0 spiro atoms. The molecule has 232 valence electrons. The van der Waals surface area contributed by atoms with Crippen molar-refractivity contribution in [2.45, 2.75) is 4.90 Å². The number of rotatable bonds is 10. The fourth-order valence-electron chi connectivity index (χ4n) is 4.58. The first-order valence-electron chi connectivity index (χ1n) is 14.5. The lowest BCUT2D eigenvalue weighted by atomic mass is 10.1. The van der Waals surface area contributed by atoms with Crippen molar-refractivity contribution in [2.24, 2.45) is 0 Å². The van der Waals surface area contributed by atoms with Gasteiger partial charge in [0.05, 0.1) is 5.75 Å². The molecule has 0 saturated carbocycles. The third kappa shape index (κ3) is 8.35. The summed E-state index contributed by atoms with van der Waals surface area (Å²) in [5, 5.41) is 8.95. The average molecular weight is 659 g/mol. The molecule has 3 N–H and O–H groups in total. The van der Waals surface area contributed by atoms with Crippen LogP contribution >= 0.6 is 23.4 Å². The maximum Gasteiger partial charge on any atom is 0.272 e. The molecule has 6 aromatic rings. The molecule has 1 heterocycles. The summed E-state index contributed by atoms with van der Waals surface area (Å²) in [5.41, 5.74) is 4.62. The van der Waals surface area contributed by atoms with Crippen LogP contribution in [0.3, 0.4) is 0 Å². The van der Waals surface area contributed by atoms with E-state index in [1.165, 1.54) is 11.8 Å². The van der Waals surface area contributed by atoms with Gasteiger partial charge >= 0.3 is 0 Å². The summed E-state index contributed by atoms with van der Waals surface area (Å²) in [7, 11) is 0. The van der Waals surface area contributed by atoms with Gasteiger partial charge in [0.15, 0.2) is 5.58 Å². The van der Waals surface area contributed by atoms with Crippen LogP contribution in [0.25, 0.3) is 28.6 Å². The van der Waals surface area contributed by atoms with Crippen molar-refractivity contribution in [3.05, 3.63) is 149 Å². The van der Waals surface area contributed by atoms with Crippen molar-refractivity contribution >= 4 is 69.6 Å². The van der Waals surface area contributed by atoms with Crippen LogP contribution in [0.1, 0.15) is 15.9 Å². The number of benzene rings is 5. The molecule has 47 heavy (non-hydrogen) atoms. The quantitative estimate of drug-likeness (QED) is 0.101. The number of aromatic nitrogens is 1. The third-order valence-electron chi connectivity index (χ3n) is 6.88. The lowest BCUT2D eigenvalue weighted by molar-refractivity contribution is -0.114. The van der Waals surface area contributed by atoms with Crippen LogP contribution in [0.5, 0.6) is 0 Å². The summed E-state index contributed by atoms with van der Waals surface area (Å²) in [6.07, 6.45) is 1.56. The minimum Gasteiger partial charge on any atom is -0.436 e. The van der Waals surface area contributed by atoms with Crippen LogP contribution in [0.4, 0.5) is 11.4 Å². The van der Waals surface area contributed by atoms with E-state index >= 15 is 0 Å². The zero-order valence-corrected chi connectivity index (χ0v) is 26.3. The molecular weight excluding hydrogens is 632 g/mol. The molecule has 0 aliphatic rings. The Hall–Kier alpha value is -5.64. The molecule has 3 amide bonds. The van der Waals surface area contributed by atoms with E-state index in [1.807, 2.05) is 66.7 Å². The first-order valence-corrected chi connectivity index (χ1v) is 15.9. The summed E-state index contributed by atoms with van der Waals surface area (Å²) in [5.74, 6) is -0.373. The number of thioether (sulfide) groups is 1. The first kappa shape index (κ1) is 31.3. The molecule has 10 heteroatoms. The minimum atomic E-state index is -0.504. The molecule has 0 saturated heterocycles. The number of nitrogens with zero attached hydrogens (tertiary/aromatic N) is 1. The second-order valence-corrected chi connectivity index (χ2v) is 11.8.